The van der Waals surface area contributed by atoms with Crippen molar-refractivity contribution in [1.82, 2.24) is 0 Å². The molecular weight excluding hydrogens is 464 g/mol. The van der Waals surface area contributed by atoms with E-state index in [2.05, 4.69) is 20.1 Å². The number of carbonyl (C=O) groups is 1. The molecule has 5 nitrogen and oxygen atoms in total. The SMILES string of the molecule is C=CCC[C@H](OCc1ccccc1)[C@@H](CCCCC)OC(=O)[C@H](C)[C@@H](C=C)OCc1ccc(OC)cc1. The summed E-state index contributed by atoms with van der Waals surface area (Å²) in [6.45, 7) is 12.6. The maximum absolute atomic E-state index is 13.3. The minimum atomic E-state index is -0.501. The fourth-order valence-corrected chi connectivity index (χ4v) is 4.07. The molecule has 5 heteroatoms. The number of ether oxygens (including phenoxy) is 4. The first-order valence-electron chi connectivity index (χ1n) is 13.4. The molecule has 0 spiro atoms. The molecular formula is C32H44O5. The standard InChI is InChI=1S/C32H44O5/c1-6-9-12-18-31(30(17-10-7-2)36-23-26-15-13-11-14-16-26)37-32(33)25(4)29(8-3)35-24-27-19-21-28(34-5)22-20-27/h7-8,11,13-16,19-22,25,29-31H,2-3,6,9-10,12,17-18,23-24H2,1,4-5H3/t25-,29-,30+,31-/m1/s1. The van der Waals surface area contributed by atoms with E-state index in [4.69, 9.17) is 18.9 Å². The smallest absolute Gasteiger partial charge is 0.312 e. The van der Waals surface area contributed by atoms with Gasteiger partial charge in [-0.15, -0.1) is 13.2 Å². The predicted octanol–water partition coefficient (Wildman–Crippen LogP) is 7.45. The van der Waals surface area contributed by atoms with E-state index in [1.807, 2.05) is 67.6 Å². The van der Waals surface area contributed by atoms with Gasteiger partial charge in [-0.05, 0) is 55.9 Å². The lowest BCUT2D eigenvalue weighted by molar-refractivity contribution is -0.168. The zero-order valence-electron chi connectivity index (χ0n) is 22.8. The van der Waals surface area contributed by atoms with Crippen molar-refractivity contribution in [2.24, 2.45) is 5.92 Å². The molecule has 0 N–H and O–H groups in total. The third-order valence-electron chi connectivity index (χ3n) is 6.44. The van der Waals surface area contributed by atoms with Crippen molar-refractivity contribution >= 4 is 5.97 Å². The van der Waals surface area contributed by atoms with Crippen molar-refractivity contribution in [3.63, 3.8) is 0 Å². The molecule has 0 heterocycles. The lowest BCUT2D eigenvalue weighted by atomic mass is 10.0. The predicted molar refractivity (Wildman–Crippen MR) is 149 cm³/mol. The van der Waals surface area contributed by atoms with Crippen LogP contribution >= 0.6 is 0 Å². The topological polar surface area (TPSA) is 54.0 Å². The van der Waals surface area contributed by atoms with Crippen LogP contribution in [0.4, 0.5) is 0 Å². The van der Waals surface area contributed by atoms with E-state index in [9.17, 15) is 4.79 Å². The van der Waals surface area contributed by atoms with Crippen LogP contribution in [0.15, 0.2) is 79.9 Å². The highest BCUT2D eigenvalue weighted by Crippen LogP contribution is 2.23. The number of hydrogen-bond donors (Lipinski definition) is 0. The molecule has 4 atom stereocenters. The summed E-state index contributed by atoms with van der Waals surface area (Å²) in [5.41, 5.74) is 2.08. The van der Waals surface area contributed by atoms with Crippen LogP contribution < -0.4 is 4.74 Å². The van der Waals surface area contributed by atoms with Gasteiger partial charge in [-0.25, -0.2) is 0 Å². The molecule has 0 aromatic heterocycles. The summed E-state index contributed by atoms with van der Waals surface area (Å²) < 4.78 is 23.7. The van der Waals surface area contributed by atoms with Crippen LogP contribution in [0, 0.1) is 5.92 Å². The minimum Gasteiger partial charge on any atom is -0.497 e. The normalized spacial score (nSPS) is 14.2. The zero-order valence-corrected chi connectivity index (χ0v) is 22.8. The van der Waals surface area contributed by atoms with Crippen molar-refractivity contribution in [3.8, 4) is 5.75 Å². The van der Waals surface area contributed by atoms with E-state index in [1.165, 1.54) is 0 Å². The minimum absolute atomic E-state index is 0.214. The van der Waals surface area contributed by atoms with Crippen LogP contribution in [0.3, 0.4) is 0 Å². The van der Waals surface area contributed by atoms with Crippen LogP contribution in [0.5, 0.6) is 5.75 Å². The molecule has 2 aromatic rings. The van der Waals surface area contributed by atoms with Crippen molar-refractivity contribution in [1.29, 1.82) is 0 Å². The Bertz CT molecular complexity index is 909. The van der Waals surface area contributed by atoms with E-state index in [1.54, 1.807) is 13.2 Å². The van der Waals surface area contributed by atoms with Gasteiger partial charge in [0.1, 0.15) is 11.9 Å². The van der Waals surface area contributed by atoms with Gasteiger partial charge in [0.05, 0.1) is 38.4 Å². The van der Waals surface area contributed by atoms with Gasteiger partial charge in [0, 0.05) is 0 Å². The van der Waals surface area contributed by atoms with Gasteiger partial charge in [-0.1, -0.05) is 74.4 Å². The Morgan fingerprint density at radius 3 is 2.19 bits per heavy atom. The van der Waals surface area contributed by atoms with E-state index >= 15 is 0 Å². The quantitative estimate of drug-likeness (QED) is 0.112. The molecule has 0 saturated carbocycles. The number of methoxy groups -OCH3 is 1. The zero-order chi connectivity index (χ0) is 26.9. The highest BCUT2D eigenvalue weighted by molar-refractivity contribution is 5.73. The average Bonchev–Trinajstić information content (AvgIpc) is 2.93. The Labute approximate surface area is 223 Å². The Kier molecular flexibility index (Phi) is 14.4. The molecule has 0 bridgehead atoms. The van der Waals surface area contributed by atoms with E-state index in [0.717, 1.165) is 55.4 Å². The van der Waals surface area contributed by atoms with Crippen LogP contribution in [-0.2, 0) is 32.2 Å². The molecule has 0 amide bonds. The first kappa shape index (κ1) is 30.3. The van der Waals surface area contributed by atoms with Crippen LogP contribution in [0.2, 0.25) is 0 Å². The highest BCUT2D eigenvalue weighted by atomic mass is 16.6. The third kappa shape index (κ3) is 10.9. The molecule has 0 unspecified atom stereocenters. The van der Waals surface area contributed by atoms with Crippen molar-refractivity contribution in [3.05, 3.63) is 91.0 Å². The summed E-state index contributed by atoms with van der Waals surface area (Å²) >= 11 is 0. The van der Waals surface area contributed by atoms with Gasteiger partial charge in [0.2, 0.25) is 0 Å². The molecule has 37 heavy (non-hydrogen) atoms. The number of esters is 1. The Hall–Kier alpha value is -2.89. The molecule has 2 aromatic carbocycles. The third-order valence-corrected chi connectivity index (χ3v) is 6.44. The number of allylic oxidation sites excluding steroid dienone is 1. The first-order chi connectivity index (χ1) is 18.0. The molecule has 0 aliphatic rings. The summed E-state index contributed by atoms with van der Waals surface area (Å²) in [6.07, 6.45) is 7.97. The second-order valence-electron chi connectivity index (χ2n) is 9.32. The second kappa shape index (κ2) is 17.5. The first-order valence-corrected chi connectivity index (χ1v) is 13.4. The molecule has 0 radical (unpaired) electrons. The molecule has 0 saturated heterocycles. The van der Waals surface area contributed by atoms with E-state index < -0.39 is 12.0 Å². The van der Waals surface area contributed by atoms with Crippen molar-refractivity contribution < 1.29 is 23.7 Å². The van der Waals surface area contributed by atoms with Crippen molar-refractivity contribution in [2.45, 2.75) is 83.9 Å². The average molecular weight is 509 g/mol. The lowest BCUT2D eigenvalue weighted by Gasteiger charge is -2.29. The van der Waals surface area contributed by atoms with Crippen LogP contribution in [-0.4, -0.2) is 31.4 Å². The largest absolute Gasteiger partial charge is 0.497 e. The van der Waals surface area contributed by atoms with Gasteiger partial charge in [0.25, 0.3) is 0 Å². The summed E-state index contributed by atoms with van der Waals surface area (Å²) in [7, 11) is 1.64. The highest BCUT2D eigenvalue weighted by Gasteiger charge is 2.30. The van der Waals surface area contributed by atoms with Gasteiger partial charge in [-0.2, -0.15) is 0 Å². The second-order valence-corrected chi connectivity index (χ2v) is 9.32. The summed E-state index contributed by atoms with van der Waals surface area (Å²) in [6, 6.07) is 17.7. The van der Waals surface area contributed by atoms with Crippen molar-refractivity contribution in [2.75, 3.05) is 7.11 Å². The number of benzene rings is 2. The number of carbonyl (C=O) groups excluding carboxylic acids is 1. The fourth-order valence-electron chi connectivity index (χ4n) is 4.07. The molecule has 0 aliphatic heterocycles. The lowest BCUT2D eigenvalue weighted by Crippen LogP contribution is -2.37. The van der Waals surface area contributed by atoms with Gasteiger partial charge in [0.15, 0.2) is 0 Å². The molecule has 0 aliphatic carbocycles. The molecule has 0 fully saturated rings. The maximum Gasteiger partial charge on any atom is 0.312 e. The Balaban J connectivity index is 2.06. The van der Waals surface area contributed by atoms with E-state index in [-0.39, 0.29) is 18.2 Å². The number of hydrogen-bond acceptors (Lipinski definition) is 5. The number of rotatable bonds is 19. The summed E-state index contributed by atoms with van der Waals surface area (Å²) in [5.74, 6) is -0.0118. The molecule has 2 rings (SSSR count). The summed E-state index contributed by atoms with van der Waals surface area (Å²) in [4.78, 5) is 13.3. The van der Waals surface area contributed by atoms with Gasteiger partial charge >= 0.3 is 5.97 Å². The fraction of sp³-hybridized carbons (Fsp3) is 0.469. The van der Waals surface area contributed by atoms with Gasteiger partial charge in [-0.3, -0.25) is 4.79 Å². The Morgan fingerprint density at radius 2 is 1.57 bits per heavy atom. The van der Waals surface area contributed by atoms with Gasteiger partial charge < -0.3 is 18.9 Å². The van der Waals surface area contributed by atoms with Crippen LogP contribution in [0.1, 0.15) is 63.5 Å². The monoisotopic (exact) mass is 508 g/mol. The Morgan fingerprint density at radius 1 is 0.892 bits per heavy atom. The summed E-state index contributed by atoms with van der Waals surface area (Å²) in [5, 5.41) is 0. The van der Waals surface area contributed by atoms with E-state index in [0.29, 0.717) is 13.2 Å². The number of unbranched alkanes of at least 4 members (excludes halogenated alkanes) is 2. The van der Waals surface area contributed by atoms with Crippen LogP contribution in [0.25, 0.3) is 0 Å². The maximum atomic E-state index is 13.3. The molecule has 202 valence electrons.